The van der Waals surface area contributed by atoms with E-state index in [2.05, 4.69) is 5.32 Å². The van der Waals surface area contributed by atoms with Gasteiger partial charge in [0.05, 0.1) is 13.2 Å². The van der Waals surface area contributed by atoms with Gasteiger partial charge in [0.25, 0.3) is 5.91 Å². The van der Waals surface area contributed by atoms with E-state index in [4.69, 9.17) is 9.47 Å². The minimum Gasteiger partial charge on any atom is -0.497 e. The van der Waals surface area contributed by atoms with Crippen molar-refractivity contribution in [3.05, 3.63) is 29.8 Å². The van der Waals surface area contributed by atoms with Gasteiger partial charge in [-0.15, -0.1) is 0 Å². The van der Waals surface area contributed by atoms with Crippen molar-refractivity contribution in [2.45, 2.75) is 18.9 Å². The van der Waals surface area contributed by atoms with Crippen LogP contribution in [0.4, 0.5) is 0 Å². The van der Waals surface area contributed by atoms with Crippen LogP contribution in [0.15, 0.2) is 24.3 Å². The first-order chi connectivity index (χ1) is 8.29. The molecule has 1 saturated heterocycles. The van der Waals surface area contributed by atoms with Crippen LogP contribution in [0.25, 0.3) is 0 Å². The maximum absolute atomic E-state index is 11.8. The number of methoxy groups -OCH3 is 1. The number of amides is 1. The predicted octanol–water partition coefficient (Wildman–Crippen LogP) is 1.60. The lowest BCUT2D eigenvalue weighted by molar-refractivity contribution is 0.0858. The molecule has 1 unspecified atom stereocenters. The fourth-order valence-electron chi connectivity index (χ4n) is 1.86. The van der Waals surface area contributed by atoms with Crippen molar-refractivity contribution in [2.75, 3.05) is 20.3 Å². The second-order valence-electron chi connectivity index (χ2n) is 4.07. The van der Waals surface area contributed by atoms with Crippen molar-refractivity contribution in [2.24, 2.45) is 0 Å². The van der Waals surface area contributed by atoms with Crippen LogP contribution in [-0.2, 0) is 4.74 Å². The van der Waals surface area contributed by atoms with E-state index in [0.29, 0.717) is 12.1 Å². The second-order valence-corrected chi connectivity index (χ2v) is 4.07. The predicted molar refractivity (Wildman–Crippen MR) is 64.3 cm³/mol. The van der Waals surface area contributed by atoms with Gasteiger partial charge in [0.1, 0.15) is 5.75 Å². The summed E-state index contributed by atoms with van der Waals surface area (Å²) in [5, 5.41) is 2.87. The Labute approximate surface area is 101 Å². The van der Waals surface area contributed by atoms with Crippen LogP contribution in [0.3, 0.4) is 0 Å². The maximum Gasteiger partial charge on any atom is 0.251 e. The standard InChI is InChI=1S/C13H17NO3/c1-16-11-6-4-10(5-7-11)13(15)14-9-12-3-2-8-17-12/h4-7,12H,2-3,8-9H2,1H3,(H,14,15). The summed E-state index contributed by atoms with van der Waals surface area (Å²) in [6, 6.07) is 7.06. The maximum atomic E-state index is 11.8. The fraction of sp³-hybridized carbons (Fsp3) is 0.462. The van der Waals surface area contributed by atoms with Crippen LogP contribution in [0, 0.1) is 0 Å². The summed E-state index contributed by atoms with van der Waals surface area (Å²) < 4.78 is 10.5. The van der Waals surface area contributed by atoms with E-state index in [1.807, 2.05) is 0 Å². The zero-order valence-corrected chi connectivity index (χ0v) is 9.94. The molecular formula is C13H17NO3. The molecule has 0 aromatic heterocycles. The van der Waals surface area contributed by atoms with Crippen LogP contribution >= 0.6 is 0 Å². The van der Waals surface area contributed by atoms with Gasteiger partial charge in [-0.05, 0) is 37.1 Å². The van der Waals surface area contributed by atoms with Gasteiger partial charge in [-0.1, -0.05) is 0 Å². The molecule has 1 atom stereocenters. The highest BCUT2D eigenvalue weighted by Crippen LogP contribution is 2.12. The second kappa shape index (κ2) is 5.68. The van der Waals surface area contributed by atoms with E-state index in [9.17, 15) is 4.79 Å². The van der Waals surface area contributed by atoms with E-state index in [1.165, 1.54) is 0 Å². The van der Waals surface area contributed by atoms with Gasteiger partial charge >= 0.3 is 0 Å². The van der Waals surface area contributed by atoms with Crippen molar-refractivity contribution < 1.29 is 14.3 Å². The molecule has 17 heavy (non-hydrogen) atoms. The number of hydrogen-bond donors (Lipinski definition) is 1. The van der Waals surface area contributed by atoms with Crippen LogP contribution in [-0.4, -0.2) is 32.3 Å². The van der Waals surface area contributed by atoms with E-state index < -0.39 is 0 Å². The molecule has 1 aromatic carbocycles. The highest BCUT2D eigenvalue weighted by Gasteiger charge is 2.16. The Kier molecular flexibility index (Phi) is 3.98. The largest absolute Gasteiger partial charge is 0.497 e. The number of rotatable bonds is 4. The van der Waals surface area contributed by atoms with Gasteiger partial charge < -0.3 is 14.8 Å². The third-order valence-corrected chi connectivity index (χ3v) is 2.87. The molecule has 0 radical (unpaired) electrons. The summed E-state index contributed by atoms with van der Waals surface area (Å²) in [7, 11) is 1.60. The molecule has 2 rings (SSSR count). The minimum absolute atomic E-state index is 0.0665. The zero-order chi connectivity index (χ0) is 12.1. The smallest absolute Gasteiger partial charge is 0.251 e. The molecule has 1 heterocycles. The van der Waals surface area contributed by atoms with Crippen molar-refractivity contribution in [1.29, 1.82) is 0 Å². The summed E-state index contributed by atoms with van der Waals surface area (Å²) in [6.45, 7) is 1.40. The minimum atomic E-state index is -0.0665. The number of benzene rings is 1. The molecule has 4 nitrogen and oxygen atoms in total. The van der Waals surface area contributed by atoms with Crippen LogP contribution < -0.4 is 10.1 Å². The van der Waals surface area contributed by atoms with Crippen molar-refractivity contribution in [3.8, 4) is 5.75 Å². The molecule has 0 bridgehead atoms. The molecule has 0 saturated carbocycles. The molecule has 4 heteroatoms. The quantitative estimate of drug-likeness (QED) is 0.862. The number of nitrogens with one attached hydrogen (secondary N) is 1. The molecule has 1 aliphatic rings. The zero-order valence-electron chi connectivity index (χ0n) is 9.94. The van der Waals surface area contributed by atoms with E-state index in [-0.39, 0.29) is 12.0 Å². The molecule has 1 amide bonds. The summed E-state index contributed by atoms with van der Waals surface area (Å²) >= 11 is 0. The molecule has 1 aromatic rings. The lowest BCUT2D eigenvalue weighted by Gasteiger charge is -2.10. The van der Waals surface area contributed by atoms with Gasteiger partial charge in [0.2, 0.25) is 0 Å². The Morgan fingerprint density at radius 2 is 2.24 bits per heavy atom. The van der Waals surface area contributed by atoms with Gasteiger partial charge in [0, 0.05) is 18.7 Å². The molecule has 1 fully saturated rings. The lowest BCUT2D eigenvalue weighted by Crippen LogP contribution is -2.31. The average molecular weight is 235 g/mol. The normalized spacial score (nSPS) is 19.0. The molecule has 0 aliphatic carbocycles. The van der Waals surface area contributed by atoms with Crippen molar-refractivity contribution >= 4 is 5.91 Å². The van der Waals surface area contributed by atoms with E-state index >= 15 is 0 Å². The van der Waals surface area contributed by atoms with Crippen LogP contribution in [0.1, 0.15) is 23.2 Å². The highest BCUT2D eigenvalue weighted by atomic mass is 16.5. The van der Waals surface area contributed by atoms with Gasteiger partial charge in [0.15, 0.2) is 0 Å². The molecule has 92 valence electrons. The molecular weight excluding hydrogens is 218 g/mol. The summed E-state index contributed by atoms with van der Waals surface area (Å²) in [6.07, 6.45) is 2.29. The first-order valence-corrected chi connectivity index (χ1v) is 5.83. The Morgan fingerprint density at radius 1 is 1.47 bits per heavy atom. The van der Waals surface area contributed by atoms with Gasteiger partial charge in [-0.25, -0.2) is 0 Å². The highest BCUT2D eigenvalue weighted by molar-refractivity contribution is 5.94. The van der Waals surface area contributed by atoms with Crippen LogP contribution in [0.5, 0.6) is 5.75 Å². The lowest BCUT2D eigenvalue weighted by atomic mass is 10.2. The monoisotopic (exact) mass is 235 g/mol. The number of ether oxygens (including phenoxy) is 2. The Hall–Kier alpha value is -1.55. The van der Waals surface area contributed by atoms with Crippen LogP contribution in [0.2, 0.25) is 0 Å². The Morgan fingerprint density at radius 3 is 2.82 bits per heavy atom. The number of carbonyl (C=O) groups is 1. The first-order valence-electron chi connectivity index (χ1n) is 5.83. The summed E-state index contributed by atoms with van der Waals surface area (Å²) in [5.41, 5.74) is 0.642. The first kappa shape index (κ1) is 11.9. The molecule has 1 aliphatic heterocycles. The number of hydrogen-bond acceptors (Lipinski definition) is 3. The summed E-state index contributed by atoms with van der Waals surface area (Å²) in [5.74, 6) is 0.684. The SMILES string of the molecule is COc1ccc(C(=O)NCC2CCCO2)cc1. The van der Waals surface area contributed by atoms with E-state index in [1.54, 1.807) is 31.4 Å². The molecule has 0 spiro atoms. The van der Waals surface area contributed by atoms with Crippen molar-refractivity contribution in [1.82, 2.24) is 5.32 Å². The summed E-state index contributed by atoms with van der Waals surface area (Å²) in [4.78, 5) is 11.8. The topological polar surface area (TPSA) is 47.6 Å². The average Bonchev–Trinajstić information content (AvgIpc) is 2.89. The fourth-order valence-corrected chi connectivity index (χ4v) is 1.86. The van der Waals surface area contributed by atoms with Gasteiger partial charge in [-0.3, -0.25) is 4.79 Å². The number of carbonyl (C=O) groups excluding carboxylic acids is 1. The Bertz CT molecular complexity index is 369. The molecule has 1 N–H and O–H groups in total. The third-order valence-electron chi connectivity index (χ3n) is 2.87. The Balaban J connectivity index is 1.85. The van der Waals surface area contributed by atoms with Gasteiger partial charge in [-0.2, -0.15) is 0 Å². The third kappa shape index (κ3) is 3.20. The van der Waals surface area contributed by atoms with Crippen molar-refractivity contribution in [3.63, 3.8) is 0 Å². The van der Waals surface area contributed by atoms with E-state index in [0.717, 1.165) is 25.2 Å².